The summed E-state index contributed by atoms with van der Waals surface area (Å²) in [6, 6.07) is 1.99. The van der Waals surface area contributed by atoms with Gasteiger partial charge in [-0.2, -0.15) is 5.10 Å². The lowest BCUT2D eigenvalue weighted by molar-refractivity contribution is -0.138. The molecule has 0 bridgehead atoms. The number of thioether (sulfide) groups is 1. The number of hydrogen-bond acceptors (Lipinski definition) is 4. The van der Waals surface area contributed by atoms with Crippen LogP contribution in [0.4, 0.5) is 0 Å². The molecule has 1 aliphatic heterocycles. The van der Waals surface area contributed by atoms with Gasteiger partial charge in [0.25, 0.3) is 0 Å². The summed E-state index contributed by atoms with van der Waals surface area (Å²) >= 11 is 1.61. The molecule has 0 amide bonds. The average Bonchev–Trinajstić information content (AvgIpc) is 2.40. The summed E-state index contributed by atoms with van der Waals surface area (Å²) in [7, 11) is 1.88. The van der Waals surface area contributed by atoms with Crippen molar-refractivity contribution in [2.75, 3.05) is 13.1 Å². The van der Waals surface area contributed by atoms with Gasteiger partial charge in [-0.3, -0.25) is 9.48 Å². The van der Waals surface area contributed by atoms with E-state index in [1.165, 1.54) is 0 Å². The molecule has 0 aromatic carbocycles. The van der Waals surface area contributed by atoms with Gasteiger partial charge in [0.1, 0.15) is 0 Å². The molecule has 5 nitrogen and oxygen atoms in total. The van der Waals surface area contributed by atoms with Crippen LogP contribution >= 0.6 is 11.8 Å². The van der Waals surface area contributed by atoms with Crippen LogP contribution in [0.3, 0.4) is 0 Å². The predicted molar refractivity (Wildman–Crippen MR) is 61.7 cm³/mol. The third-order valence-corrected chi connectivity index (χ3v) is 4.11. The lowest BCUT2D eigenvalue weighted by Crippen LogP contribution is -2.58. The summed E-state index contributed by atoms with van der Waals surface area (Å²) in [6.45, 7) is 3.43. The third kappa shape index (κ3) is 2.22. The molecule has 0 unspecified atom stereocenters. The van der Waals surface area contributed by atoms with E-state index in [9.17, 15) is 4.79 Å². The largest absolute Gasteiger partial charge is 0.481 e. The number of nitrogens with one attached hydrogen (secondary N) is 1. The van der Waals surface area contributed by atoms with E-state index < -0.39 is 5.97 Å². The van der Waals surface area contributed by atoms with E-state index >= 15 is 0 Å². The van der Waals surface area contributed by atoms with Crippen molar-refractivity contribution in [1.82, 2.24) is 15.1 Å². The molecule has 0 radical (unpaired) electrons. The third-order valence-electron chi connectivity index (χ3n) is 2.65. The van der Waals surface area contributed by atoms with Gasteiger partial charge in [-0.1, -0.05) is 11.8 Å². The minimum absolute atomic E-state index is 0.189. The van der Waals surface area contributed by atoms with Crippen LogP contribution in [0.1, 0.15) is 12.1 Å². The SMILES string of the molecule is Cc1cc(SC2(CC(=O)O)CNC2)n(C)n1. The summed E-state index contributed by atoms with van der Waals surface area (Å²) in [5.41, 5.74) is 0.961. The van der Waals surface area contributed by atoms with Crippen molar-refractivity contribution in [3.8, 4) is 0 Å². The number of rotatable bonds is 4. The van der Waals surface area contributed by atoms with Crippen molar-refractivity contribution in [1.29, 1.82) is 0 Å². The fourth-order valence-electron chi connectivity index (χ4n) is 1.82. The Morgan fingerprint density at radius 1 is 1.75 bits per heavy atom. The zero-order chi connectivity index (χ0) is 11.8. The topological polar surface area (TPSA) is 67.2 Å². The molecule has 1 saturated heterocycles. The van der Waals surface area contributed by atoms with Crippen LogP contribution < -0.4 is 5.32 Å². The second kappa shape index (κ2) is 4.10. The highest BCUT2D eigenvalue weighted by Crippen LogP contribution is 2.38. The maximum absolute atomic E-state index is 10.8. The summed E-state index contributed by atoms with van der Waals surface area (Å²) in [5.74, 6) is -0.743. The van der Waals surface area contributed by atoms with Crippen LogP contribution in [0, 0.1) is 6.92 Å². The molecule has 1 aromatic heterocycles. The Morgan fingerprint density at radius 3 is 2.81 bits per heavy atom. The van der Waals surface area contributed by atoms with Gasteiger partial charge in [0.15, 0.2) is 0 Å². The fraction of sp³-hybridized carbons (Fsp3) is 0.600. The van der Waals surface area contributed by atoms with Crippen LogP contribution in [0.15, 0.2) is 11.1 Å². The highest BCUT2D eigenvalue weighted by molar-refractivity contribution is 8.00. The summed E-state index contributed by atoms with van der Waals surface area (Å²) < 4.78 is 1.61. The molecule has 1 aliphatic rings. The van der Waals surface area contributed by atoms with E-state index in [0.29, 0.717) is 0 Å². The van der Waals surface area contributed by atoms with Crippen molar-refractivity contribution in [3.63, 3.8) is 0 Å². The monoisotopic (exact) mass is 241 g/mol. The maximum atomic E-state index is 10.8. The van der Waals surface area contributed by atoms with Crippen LogP contribution in [-0.4, -0.2) is 38.7 Å². The lowest BCUT2D eigenvalue weighted by Gasteiger charge is -2.40. The van der Waals surface area contributed by atoms with Crippen molar-refractivity contribution in [3.05, 3.63) is 11.8 Å². The second-order valence-corrected chi connectivity index (χ2v) is 5.70. The molecule has 2 rings (SSSR count). The molecule has 2 N–H and O–H groups in total. The van der Waals surface area contributed by atoms with Crippen molar-refractivity contribution < 1.29 is 9.90 Å². The maximum Gasteiger partial charge on any atom is 0.304 e. The number of nitrogens with zero attached hydrogens (tertiary/aromatic N) is 2. The van der Waals surface area contributed by atoms with Gasteiger partial charge in [-0.25, -0.2) is 0 Å². The zero-order valence-corrected chi connectivity index (χ0v) is 10.2. The minimum atomic E-state index is -0.743. The quantitative estimate of drug-likeness (QED) is 0.809. The number of carboxylic acids is 1. The molecule has 0 saturated carbocycles. The van der Waals surface area contributed by atoms with Gasteiger partial charge < -0.3 is 10.4 Å². The molecule has 6 heteroatoms. The standard InChI is InChI=1S/C10H15N3O2S/c1-7-3-8(13(2)12-7)16-10(4-9(14)15)5-11-6-10/h3,11H,4-6H2,1-2H3,(H,14,15). The first-order valence-corrected chi connectivity index (χ1v) is 5.95. The fourth-order valence-corrected chi connectivity index (χ4v) is 3.21. The Labute approximate surface area is 98.2 Å². The van der Waals surface area contributed by atoms with E-state index in [0.717, 1.165) is 23.8 Å². The molecular formula is C10H15N3O2S. The number of aromatic nitrogens is 2. The van der Waals surface area contributed by atoms with E-state index in [2.05, 4.69) is 10.4 Å². The van der Waals surface area contributed by atoms with Crippen molar-refractivity contribution >= 4 is 17.7 Å². The number of carbonyl (C=O) groups is 1. The van der Waals surface area contributed by atoms with E-state index in [1.54, 1.807) is 11.8 Å². The predicted octanol–water partition coefficient (Wildman–Crippen LogP) is 0.637. The molecule has 0 spiro atoms. The van der Waals surface area contributed by atoms with Gasteiger partial charge in [0.2, 0.25) is 0 Å². The minimum Gasteiger partial charge on any atom is -0.481 e. The molecule has 2 heterocycles. The normalized spacial score (nSPS) is 18.1. The Balaban J connectivity index is 2.12. The number of aryl methyl sites for hydroxylation is 2. The Bertz CT molecular complexity index is 412. The van der Waals surface area contributed by atoms with Crippen LogP contribution in [0.2, 0.25) is 0 Å². The summed E-state index contributed by atoms with van der Waals surface area (Å²) in [6.07, 6.45) is 0.189. The number of hydrogen-bond donors (Lipinski definition) is 2. The molecule has 1 fully saturated rings. The Morgan fingerprint density at radius 2 is 2.44 bits per heavy atom. The first kappa shape index (κ1) is 11.5. The Kier molecular flexibility index (Phi) is 2.94. The molecular weight excluding hydrogens is 226 g/mol. The van der Waals surface area contributed by atoms with Gasteiger partial charge in [-0.05, 0) is 13.0 Å². The summed E-state index contributed by atoms with van der Waals surface area (Å²) in [4.78, 5) is 10.8. The van der Waals surface area contributed by atoms with Crippen molar-refractivity contribution in [2.24, 2.45) is 7.05 Å². The van der Waals surface area contributed by atoms with Gasteiger partial charge in [0.05, 0.1) is 21.9 Å². The highest BCUT2D eigenvalue weighted by Gasteiger charge is 2.40. The zero-order valence-electron chi connectivity index (χ0n) is 9.36. The smallest absolute Gasteiger partial charge is 0.304 e. The van der Waals surface area contributed by atoms with Gasteiger partial charge in [0, 0.05) is 20.1 Å². The Hall–Kier alpha value is -1.01. The molecule has 1 aromatic rings. The molecule has 88 valence electrons. The van der Waals surface area contributed by atoms with Gasteiger partial charge in [-0.15, -0.1) is 0 Å². The van der Waals surface area contributed by atoms with Crippen LogP contribution in [0.5, 0.6) is 0 Å². The highest BCUT2D eigenvalue weighted by atomic mass is 32.2. The number of carboxylic acid groups (broad SMARTS) is 1. The first-order valence-electron chi connectivity index (χ1n) is 5.13. The average molecular weight is 241 g/mol. The molecule has 0 atom stereocenters. The van der Waals surface area contributed by atoms with E-state index in [4.69, 9.17) is 5.11 Å². The summed E-state index contributed by atoms with van der Waals surface area (Å²) in [5, 5.41) is 17.3. The van der Waals surface area contributed by atoms with Crippen molar-refractivity contribution in [2.45, 2.75) is 23.1 Å². The lowest BCUT2D eigenvalue weighted by atomic mass is 9.98. The van der Waals surface area contributed by atoms with Crippen LogP contribution in [0.25, 0.3) is 0 Å². The van der Waals surface area contributed by atoms with E-state index in [1.807, 2.05) is 24.7 Å². The second-order valence-electron chi connectivity index (χ2n) is 4.21. The molecule has 0 aliphatic carbocycles. The number of aliphatic carboxylic acids is 1. The van der Waals surface area contributed by atoms with Crippen LogP contribution in [-0.2, 0) is 11.8 Å². The van der Waals surface area contributed by atoms with E-state index in [-0.39, 0.29) is 11.2 Å². The van der Waals surface area contributed by atoms with Gasteiger partial charge >= 0.3 is 5.97 Å². The molecule has 16 heavy (non-hydrogen) atoms. The first-order chi connectivity index (χ1) is 7.51.